The second-order valence-corrected chi connectivity index (χ2v) is 5.24. The second-order valence-electron chi connectivity index (χ2n) is 5.24. The van der Waals surface area contributed by atoms with E-state index >= 15 is 0 Å². The van der Waals surface area contributed by atoms with Crippen molar-refractivity contribution in [2.24, 2.45) is 0 Å². The number of hydrogen-bond donors (Lipinski definition) is 2. The first kappa shape index (κ1) is 14.5. The predicted octanol–water partition coefficient (Wildman–Crippen LogP) is 3.45. The molecule has 2 N–H and O–H groups in total. The van der Waals surface area contributed by atoms with Gasteiger partial charge in [0.05, 0.1) is 0 Å². The van der Waals surface area contributed by atoms with E-state index in [1.807, 2.05) is 0 Å². The van der Waals surface area contributed by atoms with Crippen LogP contribution in [0.25, 0.3) is 0 Å². The van der Waals surface area contributed by atoms with Gasteiger partial charge in [-0.2, -0.15) is 13.9 Å². The molecule has 0 bridgehead atoms. The summed E-state index contributed by atoms with van der Waals surface area (Å²) in [6.07, 6.45) is 2.21. The number of amides is 1. The zero-order valence-electron chi connectivity index (χ0n) is 11.9. The Labute approximate surface area is 125 Å². The number of anilines is 1. The number of H-pyrrole nitrogens is 1. The number of nitrogens with one attached hydrogen (secondary N) is 2. The first-order chi connectivity index (χ1) is 10.5. The third-order valence-corrected chi connectivity index (χ3v) is 3.60. The molecule has 0 spiro atoms. The first-order valence-electron chi connectivity index (χ1n) is 6.95. The molecule has 1 saturated carbocycles. The number of aromatic nitrogens is 2. The van der Waals surface area contributed by atoms with Gasteiger partial charge in [0.15, 0.2) is 5.69 Å². The van der Waals surface area contributed by atoms with Crippen molar-refractivity contribution in [1.82, 2.24) is 10.2 Å². The van der Waals surface area contributed by atoms with E-state index in [1.54, 1.807) is 25.1 Å². The highest BCUT2D eigenvalue weighted by Gasteiger charge is 2.26. The first-order valence-corrected chi connectivity index (χ1v) is 6.95. The maximum absolute atomic E-state index is 12.3. The highest BCUT2D eigenvalue weighted by molar-refractivity contribution is 6.03. The molecule has 1 heterocycles. The van der Waals surface area contributed by atoms with Crippen molar-refractivity contribution >= 4 is 11.6 Å². The van der Waals surface area contributed by atoms with Gasteiger partial charge >= 0.3 is 6.61 Å². The summed E-state index contributed by atoms with van der Waals surface area (Å²) in [4.78, 5) is 12.2. The summed E-state index contributed by atoms with van der Waals surface area (Å²) in [5.41, 5.74) is 2.09. The summed E-state index contributed by atoms with van der Waals surface area (Å²) in [5.74, 6) is 0.118. The number of carbonyl (C=O) groups is 1. The molecular formula is C15H15F2N3O2. The minimum Gasteiger partial charge on any atom is -0.434 e. The lowest BCUT2D eigenvalue weighted by atomic mass is 10.1. The number of rotatable bonds is 5. The second kappa shape index (κ2) is 5.75. The fourth-order valence-electron chi connectivity index (χ4n) is 2.22. The molecule has 5 nitrogen and oxygen atoms in total. The lowest BCUT2D eigenvalue weighted by Gasteiger charge is -2.12. The number of hydrogen-bond acceptors (Lipinski definition) is 3. The molecule has 2 aromatic rings. The fourth-order valence-corrected chi connectivity index (χ4v) is 2.22. The molecule has 1 aliphatic carbocycles. The van der Waals surface area contributed by atoms with E-state index in [0.29, 0.717) is 17.2 Å². The van der Waals surface area contributed by atoms with E-state index in [4.69, 9.17) is 0 Å². The molecule has 116 valence electrons. The number of alkyl halides is 2. The van der Waals surface area contributed by atoms with E-state index in [2.05, 4.69) is 20.3 Å². The maximum Gasteiger partial charge on any atom is 0.387 e. The van der Waals surface area contributed by atoms with E-state index in [1.165, 1.54) is 6.07 Å². The molecule has 1 aliphatic rings. The van der Waals surface area contributed by atoms with E-state index in [0.717, 1.165) is 18.5 Å². The van der Waals surface area contributed by atoms with Crippen molar-refractivity contribution in [2.45, 2.75) is 32.3 Å². The van der Waals surface area contributed by atoms with Crippen LogP contribution in [0.15, 0.2) is 24.3 Å². The van der Waals surface area contributed by atoms with Gasteiger partial charge in [-0.25, -0.2) is 0 Å². The SMILES string of the molecule is Cc1c(NC(=O)c2cc(C3CC3)[nH]n2)cccc1OC(F)F. The lowest BCUT2D eigenvalue weighted by molar-refractivity contribution is -0.0502. The molecule has 1 aromatic heterocycles. The Kier molecular flexibility index (Phi) is 3.79. The van der Waals surface area contributed by atoms with Gasteiger partial charge in [0.25, 0.3) is 5.91 Å². The lowest BCUT2D eigenvalue weighted by Crippen LogP contribution is -2.14. The highest BCUT2D eigenvalue weighted by Crippen LogP contribution is 2.39. The van der Waals surface area contributed by atoms with Crippen LogP contribution in [0.2, 0.25) is 0 Å². The minimum atomic E-state index is -2.91. The number of benzene rings is 1. The molecule has 0 aliphatic heterocycles. The third kappa shape index (κ3) is 3.08. The number of halogens is 2. The van der Waals surface area contributed by atoms with Gasteiger partial charge in [0, 0.05) is 22.9 Å². The summed E-state index contributed by atoms with van der Waals surface area (Å²) < 4.78 is 29.1. The van der Waals surface area contributed by atoms with Crippen LogP contribution in [0.1, 0.15) is 40.5 Å². The number of aromatic amines is 1. The average Bonchev–Trinajstić information content (AvgIpc) is 3.20. The third-order valence-electron chi connectivity index (χ3n) is 3.60. The number of nitrogens with zero attached hydrogens (tertiary/aromatic N) is 1. The van der Waals surface area contributed by atoms with Gasteiger partial charge < -0.3 is 10.1 Å². The van der Waals surface area contributed by atoms with Crippen LogP contribution in [0, 0.1) is 6.92 Å². The summed E-state index contributed by atoms with van der Waals surface area (Å²) in [5, 5.41) is 9.50. The fraction of sp³-hybridized carbons (Fsp3) is 0.333. The number of ether oxygens (including phenoxy) is 1. The van der Waals surface area contributed by atoms with Crippen LogP contribution in [0.3, 0.4) is 0 Å². The molecule has 1 amide bonds. The van der Waals surface area contributed by atoms with Crippen LogP contribution in [0.4, 0.5) is 14.5 Å². The van der Waals surface area contributed by atoms with Gasteiger partial charge in [-0.15, -0.1) is 0 Å². The molecule has 0 saturated heterocycles. The molecule has 22 heavy (non-hydrogen) atoms. The van der Waals surface area contributed by atoms with E-state index in [9.17, 15) is 13.6 Å². The quantitative estimate of drug-likeness (QED) is 0.889. The van der Waals surface area contributed by atoms with Crippen molar-refractivity contribution in [3.8, 4) is 5.75 Å². The highest BCUT2D eigenvalue weighted by atomic mass is 19.3. The van der Waals surface area contributed by atoms with E-state index < -0.39 is 6.61 Å². The van der Waals surface area contributed by atoms with Crippen molar-refractivity contribution in [1.29, 1.82) is 0 Å². The Hall–Kier alpha value is -2.44. The molecule has 0 radical (unpaired) electrons. The Morgan fingerprint density at radius 3 is 2.91 bits per heavy atom. The Balaban J connectivity index is 1.75. The summed E-state index contributed by atoms with van der Waals surface area (Å²) in [7, 11) is 0. The molecule has 7 heteroatoms. The Morgan fingerprint density at radius 2 is 2.23 bits per heavy atom. The van der Waals surface area contributed by atoms with Crippen LogP contribution in [-0.2, 0) is 0 Å². The van der Waals surface area contributed by atoms with Crippen LogP contribution in [-0.4, -0.2) is 22.7 Å². The normalized spacial score (nSPS) is 14.2. The molecule has 0 unspecified atom stereocenters. The van der Waals surface area contributed by atoms with Gasteiger partial charge in [-0.3, -0.25) is 9.89 Å². The van der Waals surface area contributed by atoms with Crippen LogP contribution >= 0.6 is 0 Å². The largest absolute Gasteiger partial charge is 0.434 e. The zero-order valence-corrected chi connectivity index (χ0v) is 11.9. The van der Waals surface area contributed by atoms with Gasteiger partial charge in [-0.1, -0.05) is 6.07 Å². The van der Waals surface area contributed by atoms with Gasteiger partial charge in [0.2, 0.25) is 0 Å². The monoisotopic (exact) mass is 307 g/mol. The minimum absolute atomic E-state index is 0.0356. The molecular weight excluding hydrogens is 292 g/mol. The maximum atomic E-state index is 12.3. The Morgan fingerprint density at radius 1 is 1.45 bits per heavy atom. The zero-order chi connectivity index (χ0) is 15.7. The average molecular weight is 307 g/mol. The van der Waals surface area contributed by atoms with Crippen LogP contribution in [0.5, 0.6) is 5.75 Å². The predicted molar refractivity (Wildman–Crippen MR) is 76.3 cm³/mol. The summed E-state index contributed by atoms with van der Waals surface area (Å²) in [6, 6.07) is 6.32. The number of carbonyl (C=O) groups excluding carboxylic acids is 1. The van der Waals surface area contributed by atoms with Crippen LogP contribution < -0.4 is 10.1 Å². The molecule has 1 aromatic carbocycles. The van der Waals surface area contributed by atoms with Crippen molar-refractivity contribution < 1.29 is 18.3 Å². The van der Waals surface area contributed by atoms with E-state index in [-0.39, 0.29) is 17.4 Å². The summed E-state index contributed by atoms with van der Waals surface area (Å²) >= 11 is 0. The van der Waals surface area contributed by atoms with Gasteiger partial charge in [-0.05, 0) is 38.0 Å². The smallest absolute Gasteiger partial charge is 0.387 e. The molecule has 3 rings (SSSR count). The molecule has 0 atom stereocenters. The standard InChI is InChI=1S/C15H15F2N3O2/c1-8-10(3-2-4-13(8)22-15(16)17)18-14(21)12-7-11(19-20-12)9-5-6-9/h2-4,7,9,15H,5-6H2,1H3,(H,18,21)(H,19,20). The summed E-state index contributed by atoms with van der Waals surface area (Å²) in [6.45, 7) is -1.30. The van der Waals surface area contributed by atoms with Crippen molar-refractivity contribution in [3.05, 3.63) is 41.2 Å². The van der Waals surface area contributed by atoms with Crippen molar-refractivity contribution in [2.75, 3.05) is 5.32 Å². The topological polar surface area (TPSA) is 67.0 Å². The molecule has 1 fully saturated rings. The van der Waals surface area contributed by atoms with Crippen molar-refractivity contribution in [3.63, 3.8) is 0 Å². The van der Waals surface area contributed by atoms with Gasteiger partial charge in [0.1, 0.15) is 5.75 Å². The Bertz CT molecular complexity index is 696.